The largest absolute Gasteiger partial charge is 0.504 e. The molecule has 2 aromatic rings. The molecule has 11 heteroatoms. The highest BCUT2D eigenvalue weighted by atomic mass is 16.6. The third kappa shape index (κ3) is 8.39. The highest BCUT2D eigenvalue weighted by Gasteiger charge is 2.33. The maximum atomic E-state index is 13.2. The molecule has 0 bridgehead atoms. The van der Waals surface area contributed by atoms with Crippen LogP contribution in [0.2, 0.25) is 0 Å². The summed E-state index contributed by atoms with van der Waals surface area (Å²) < 4.78 is 5.72. The number of rotatable bonds is 6. The molecular weight excluding hydrogens is 560 g/mol. The van der Waals surface area contributed by atoms with Gasteiger partial charge in [-0.3, -0.25) is 4.79 Å². The molecule has 4 amide bonds. The molecule has 0 radical (unpaired) electrons. The van der Waals surface area contributed by atoms with Crippen molar-refractivity contribution in [2.45, 2.75) is 58.6 Å². The van der Waals surface area contributed by atoms with E-state index in [1.54, 1.807) is 4.90 Å². The van der Waals surface area contributed by atoms with Gasteiger partial charge < -0.3 is 30.7 Å². The zero-order chi connectivity index (χ0) is 31.6. The lowest BCUT2D eigenvalue weighted by Crippen LogP contribution is -2.50. The van der Waals surface area contributed by atoms with Crippen LogP contribution in [0.5, 0.6) is 0 Å². The Morgan fingerprint density at radius 3 is 2.57 bits per heavy atom. The van der Waals surface area contributed by atoms with Gasteiger partial charge in [0.15, 0.2) is 6.10 Å². The van der Waals surface area contributed by atoms with Gasteiger partial charge in [0.1, 0.15) is 5.76 Å². The van der Waals surface area contributed by atoms with Crippen LogP contribution in [-0.2, 0) is 22.4 Å². The van der Waals surface area contributed by atoms with Crippen LogP contribution in [0.1, 0.15) is 42.0 Å². The van der Waals surface area contributed by atoms with Gasteiger partial charge in [0.05, 0.1) is 6.20 Å². The number of fused-ring (bicyclic) bond motifs is 1. The number of nitrogens with zero attached hydrogens (tertiary/aromatic N) is 4. The number of nitrogen functional groups attached to an aromatic ring is 1. The summed E-state index contributed by atoms with van der Waals surface area (Å²) in [6.07, 6.45) is 1.31. The number of aliphatic imine (C=N–C) groups is 2. The number of benzene rings is 2. The Hall–Kier alpha value is -5.29. The lowest BCUT2D eigenvalue weighted by Gasteiger charge is -2.37. The summed E-state index contributed by atoms with van der Waals surface area (Å²) >= 11 is 0. The van der Waals surface area contributed by atoms with E-state index in [2.05, 4.69) is 38.5 Å². The van der Waals surface area contributed by atoms with Crippen molar-refractivity contribution in [1.82, 2.24) is 9.80 Å². The third-order valence-electron chi connectivity index (χ3n) is 7.56. The van der Waals surface area contributed by atoms with E-state index in [-0.39, 0.29) is 24.3 Å². The normalized spacial score (nSPS) is 15.1. The van der Waals surface area contributed by atoms with Crippen molar-refractivity contribution in [3.63, 3.8) is 0 Å². The summed E-state index contributed by atoms with van der Waals surface area (Å²) in [6.45, 7) is 6.50. The molecule has 2 aliphatic rings. The number of hydrogen-bond donors (Lipinski definition) is 3. The van der Waals surface area contributed by atoms with Gasteiger partial charge in [-0.25, -0.2) is 9.59 Å². The fourth-order valence-corrected chi connectivity index (χ4v) is 5.24. The number of aryl methyl sites for hydroxylation is 2. The topological polar surface area (TPSA) is 150 Å². The lowest BCUT2D eigenvalue weighted by molar-refractivity contribution is -0.126. The van der Waals surface area contributed by atoms with Gasteiger partial charge in [-0.1, -0.05) is 30.3 Å². The molecule has 0 aliphatic carbocycles. The van der Waals surface area contributed by atoms with Crippen molar-refractivity contribution in [2.24, 2.45) is 9.98 Å². The number of carbonyl (C=O) groups is 3. The highest BCUT2D eigenvalue weighted by Crippen LogP contribution is 2.25. The predicted octanol–water partition coefficient (Wildman–Crippen LogP) is 4.64. The predicted molar refractivity (Wildman–Crippen MR) is 168 cm³/mol. The average Bonchev–Trinajstić information content (AvgIpc) is 3.16. The number of allylic oxidation sites excluding steroid dienone is 1. The summed E-state index contributed by atoms with van der Waals surface area (Å²) in [5.41, 5.74) is 16.0. The second kappa shape index (κ2) is 14.7. The van der Waals surface area contributed by atoms with E-state index in [1.807, 2.05) is 55.1 Å². The number of nitrogens with two attached hydrogens (primary N) is 1. The SMILES string of the molecule is CC(O)=C=C=NC=C=C=NC(=O)[C@@H](Cc1cc(C)c(N)c(C)c1)OC(=O)N1CCC(N2CCc3ccccc3NC2=O)CC1. The van der Waals surface area contributed by atoms with Crippen LogP contribution in [0.4, 0.5) is 21.0 Å². The minimum absolute atomic E-state index is 0.0256. The van der Waals surface area contributed by atoms with Gasteiger partial charge in [0.2, 0.25) is 0 Å². The van der Waals surface area contributed by atoms with Crippen molar-refractivity contribution >= 4 is 41.1 Å². The molecule has 4 N–H and O–H groups in total. The van der Waals surface area contributed by atoms with E-state index in [9.17, 15) is 14.4 Å². The van der Waals surface area contributed by atoms with Crippen molar-refractivity contribution < 1.29 is 24.2 Å². The second-order valence-corrected chi connectivity index (χ2v) is 10.8. The number of piperidine rings is 1. The van der Waals surface area contributed by atoms with Crippen LogP contribution in [-0.4, -0.2) is 76.5 Å². The van der Waals surface area contributed by atoms with Gasteiger partial charge in [0, 0.05) is 62.1 Å². The molecule has 2 aromatic carbocycles. The minimum Gasteiger partial charge on any atom is -0.504 e. The van der Waals surface area contributed by atoms with Crippen LogP contribution >= 0.6 is 0 Å². The number of amides is 4. The van der Waals surface area contributed by atoms with E-state index in [0.717, 1.165) is 40.6 Å². The quantitative estimate of drug-likeness (QED) is 0.191. The molecule has 0 aromatic heterocycles. The van der Waals surface area contributed by atoms with E-state index in [4.69, 9.17) is 15.6 Å². The van der Waals surface area contributed by atoms with Crippen molar-refractivity contribution in [1.29, 1.82) is 0 Å². The molecule has 0 unspecified atom stereocenters. The molecule has 0 spiro atoms. The van der Waals surface area contributed by atoms with Crippen molar-refractivity contribution in [2.75, 3.05) is 30.7 Å². The number of likely N-dealkylation sites (tertiary alicyclic amines) is 1. The molecule has 11 nitrogen and oxygen atoms in total. The molecule has 1 saturated heterocycles. The van der Waals surface area contributed by atoms with Gasteiger partial charge in [-0.05, 0) is 72.9 Å². The van der Waals surface area contributed by atoms with Crippen molar-refractivity contribution in [3.8, 4) is 0 Å². The summed E-state index contributed by atoms with van der Waals surface area (Å²) in [6, 6.07) is 11.3. The number of nitrogens with one attached hydrogen (secondary N) is 1. The fourth-order valence-electron chi connectivity index (χ4n) is 5.24. The number of para-hydroxylation sites is 1. The third-order valence-corrected chi connectivity index (χ3v) is 7.56. The molecule has 1 fully saturated rings. The van der Waals surface area contributed by atoms with E-state index in [0.29, 0.717) is 38.2 Å². The molecule has 2 heterocycles. The van der Waals surface area contributed by atoms with Crippen LogP contribution in [0.3, 0.4) is 0 Å². The number of aliphatic hydroxyl groups excluding tert-OH is 1. The Kier molecular flexibility index (Phi) is 10.6. The summed E-state index contributed by atoms with van der Waals surface area (Å²) in [7, 11) is 0. The number of anilines is 2. The zero-order valence-corrected chi connectivity index (χ0v) is 25.1. The van der Waals surface area contributed by atoms with Crippen LogP contribution < -0.4 is 11.1 Å². The van der Waals surface area contributed by atoms with Crippen LogP contribution in [0.15, 0.2) is 69.8 Å². The molecule has 228 valence electrons. The first kappa shape index (κ1) is 31.6. The van der Waals surface area contributed by atoms with Gasteiger partial charge in [-0.2, -0.15) is 9.98 Å². The first-order chi connectivity index (χ1) is 21.1. The standard InChI is InChI=1S/C33H36N6O5/c1-22-19-25(20-23(2)30(22)34)21-29(31(41)36-14-6-13-35-15-9-24(3)40)44-33(43)38-16-11-27(12-17-38)39-18-10-26-7-4-5-8-28(26)37-32(39)42/h4-5,7-8,13,19-20,27,29,40H,10-12,16-18,21,34H2,1-3H3,(H,37,42)/t29-/m1/s1. The molecule has 1 atom stereocenters. The van der Waals surface area contributed by atoms with E-state index in [1.165, 1.54) is 6.92 Å². The Labute approximate surface area is 256 Å². The smallest absolute Gasteiger partial charge is 0.410 e. The number of hydrogen-bond acceptors (Lipinski definition) is 7. The first-order valence-electron chi connectivity index (χ1n) is 14.4. The minimum atomic E-state index is -1.21. The Balaban J connectivity index is 1.43. The van der Waals surface area contributed by atoms with Crippen LogP contribution in [0, 0.1) is 13.8 Å². The Bertz CT molecular complexity index is 1600. The highest BCUT2D eigenvalue weighted by molar-refractivity contribution is 5.91. The van der Waals surface area contributed by atoms with Gasteiger partial charge in [0.25, 0.3) is 5.91 Å². The van der Waals surface area contributed by atoms with Gasteiger partial charge >= 0.3 is 12.1 Å². The maximum Gasteiger partial charge on any atom is 0.410 e. The second-order valence-electron chi connectivity index (χ2n) is 10.8. The summed E-state index contributed by atoms with van der Waals surface area (Å²) in [5, 5.41) is 12.1. The summed E-state index contributed by atoms with van der Waals surface area (Å²) in [4.78, 5) is 50.1. The van der Waals surface area contributed by atoms with Crippen LogP contribution in [0.25, 0.3) is 0 Å². The van der Waals surface area contributed by atoms with E-state index >= 15 is 0 Å². The lowest BCUT2D eigenvalue weighted by atomic mass is 10.00. The maximum absolute atomic E-state index is 13.2. The number of carbonyl (C=O) groups excluding carboxylic acids is 3. The molecule has 0 saturated carbocycles. The Morgan fingerprint density at radius 1 is 1.16 bits per heavy atom. The molecular formula is C33H36N6O5. The first-order valence-corrected chi connectivity index (χ1v) is 14.4. The fraction of sp³-hybridized carbons (Fsp3) is 0.364. The number of urea groups is 1. The van der Waals surface area contributed by atoms with E-state index < -0.39 is 18.1 Å². The molecule has 2 aliphatic heterocycles. The van der Waals surface area contributed by atoms with Crippen molar-refractivity contribution in [3.05, 3.63) is 82.1 Å². The monoisotopic (exact) mass is 596 g/mol. The average molecular weight is 597 g/mol. The zero-order valence-electron chi connectivity index (χ0n) is 25.1. The number of aliphatic hydroxyl groups is 1. The summed E-state index contributed by atoms with van der Waals surface area (Å²) in [5.74, 6) is 3.88. The molecule has 44 heavy (non-hydrogen) atoms. The molecule has 4 rings (SSSR count). The van der Waals surface area contributed by atoms with Gasteiger partial charge in [-0.15, -0.1) is 0 Å². The number of ether oxygens (including phenoxy) is 1. The Morgan fingerprint density at radius 2 is 1.86 bits per heavy atom.